The fraction of sp³-hybridized carbons (Fsp3) is 0.143. The monoisotopic (exact) mass is 371 g/mol. The van der Waals surface area contributed by atoms with Gasteiger partial charge in [-0.05, 0) is 43.3 Å². The Balaban J connectivity index is 2.09. The molecule has 0 bridgehead atoms. The average molecular weight is 372 g/mol. The zero-order valence-corrected chi connectivity index (χ0v) is 14.5. The molecule has 9 heteroatoms. The maximum Gasteiger partial charge on any atom is 0.328 e. The Labute approximate surface area is 143 Å². The van der Waals surface area contributed by atoms with Crippen LogP contribution in [0, 0.1) is 0 Å². The van der Waals surface area contributed by atoms with Crippen LogP contribution in [0.25, 0.3) is 0 Å². The maximum atomic E-state index is 12.0. The highest BCUT2D eigenvalue weighted by Crippen LogP contribution is 2.27. The Kier molecular flexibility index (Phi) is 5.86. The SMILES string of the molecule is CCNC(=O)NS(=O)(=O)c1ccc(Sc2ccc(Cl)cc2)nc1. The van der Waals surface area contributed by atoms with Crippen LogP contribution < -0.4 is 10.0 Å². The molecule has 2 rings (SSSR count). The first-order valence-electron chi connectivity index (χ1n) is 6.61. The summed E-state index contributed by atoms with van der Waals surface area (Å²) < 4.78 is 25.9. The number of halogens is 1. The van der Waals surface area contributed by atoms with Crippen molar-refractivity contribution in [1.82, 2.24) is 15.0 Å². The molecule has 0 aliphatic heterocycles. The van der Waals surface area contributed by atoms with Crippen LogP contribution in [0.5, 0.6) is 0 Å². The molecule has 0 radical (unpaired) electrons. The van der Waals surface area contributed by atoms with Gasteiger partial charge in [0.15, 0.2) is 0 Å². The first-order chi connectivity index (χ1) is 10.9. The van der Waals surface area contributed by atoms with Crippen LogP contribution in [0.2, 0.25) is 5.02 Å². The minimum absolute atomic E-state index is 0.0794. The van der Waals surface area contributed by atoms with Crippen molar-refractivity contribution in [3.63, 3.8) is 0 Å². The Bertz CT molecular complexity index is 778. The number of urea groups is 1. The number of nitrogens with one attached hydrogen (secondary N) is 2. The number of hydrogen-bond acceptors (Lipinski definition) is 5. The first kappa shape index (κ1) is 17.6. The van der Waals surface area contributed by atoms with E-state index in [1.165, 1.54) is 24.0 Å². The lowest BCUT2D eigenvalue weighted by atomic mass is 10.4. The second-order valence-electron chi connectivity index (χ2n) is 4.35. The summed E-state index contributed by atoms with van der Waals surface area (Å²) in [7, 11) is -3.93. The number of amides is 2. The normalized spacial score (nSPS) is 11.0. The van der Waals surface area contributed by atoms with Crippen LogP contribution in [0.4, 0.5) is 4.79 Å². The molecule has 2 amide bonds. The number of pyridine rings is 1. The van der Waals surface area contributed by atoms with Gasteiger partial charge in [0, 0.05) is 22.7 Å². The van der Waals surface area contributed by atoms with Gasteiger partial charge in [-0.2, -0.15) is 0 Å². The van der Waals surface area contributed by atoms with Gasteiger partial charge in [-0.15, -0.1) is 0 Å². The molecule has 2 N–H and O–H groups in total. The van der Waals surface area contributed by atoms with Crippen molar-refractivity contribution in [2.75, 3.05) is 6.54 Å². The number of benzene rings is 1. The van der Waals surface area contributed by atoms with Crippen molar-refractivity contribution in [3.8, 4) is 0 Å². The lowest BCUT2D eigenvalue weighted by molar-refractivity contribution is 0.246. The third kappa shape index (κ3) is 5.12. The molecule has 0 saturated carbocycles. The predicted molar refractivity (Wildman–Crippen MR) is 89.2 cm³/mol. The van der Waals surface area contributed by atoms with Gasteiger partial charge >= 0.3 is 6.03 Å². The summed E-state index contributed by atoms with van der Waals surface area (Å²) in [5.74, 6) is 0. The van der Waals surface area contributed by atoms with E-state index >= 15 is 0 Å². The van der Waals surface area contributed by atoms with Crippen LogP contribution in [0.15, 0.2) is 57.4 Å². The van der Waals surface area contributed by atoms with Crippen LogP contribution in [0.1, 0.15) is 6.92 Å². The van der Waals surface area contributed by atoms with E-state index in [0.717, 1.165) is 4.90 Å². The van der Waals surface area contributed by atoms with E-state index < -0.39 is 16.1 Å². The zero-order valence-electron chi connectivity index (χ0n) is 12.1. The van der Waals surface area contributed by atoms with E-state index in [2.05, 4.69) is 10.3 Å². The fourth-order valence-corrected chi connectivity index (χ4v) is 3.34. The third-order valence-electron chi connectivity index (χ3n) is 2.62. The van der Waals surface area contributed by atoms with Gasteiger partial charge in [0.1, 0.15) is 9.92 Å². The van der Waals surface area contributed by atoms with Crippen molar-refractivity contribution in [1.29, 1.82) is 0 Å². The Morgan fingerprint density at radius 1 is 1.22 bits per heavy atom. The van der Waals surface area contributed by atoms with Crippen molar-refractivity contribution >= 4 is 39.4 Å². The molecule has 0 aliphatic rings. The average Bonchev–Trinajstić information content (AvgIpc) is 2.50. The highest BCUT2D eigenvalue weighted by atomic mass is 35.5. The summed E-state index contributed by atoms with van der Waals surface area (Å²) in [5.41, 5.74) is 0. The molecule has 2 aromatic rings. The highest BCUT2D eigenvalue weighted by Gasteiger charge is 2.17. The number of aromatic nitrogens is 1. The molecular weight excluding hydrogens is 358 g/mol. The van der Waals surface area contributed by atoms with Gasteiger partial charge in [-0.1, -0.05) is 23.4 Å². The van der Waals surface area contributed by atoms with E-state index in [1.54, 1.807) is 25.1 Å². The molecule has 0 atom stereocenters. The molecule has 0 fully saturated rings. The van der Waals surface area contributed by atoms with Crippen LogP contribution in [0.3, 0.4) is 0 Å². The van der Waals surface area contributed by atoms with Gasteiger partial charge in [0.25, 0.3) is 10.0 Å². The summed E-state index contributed by atoms with van der Waals surface area (Å²) in [4.78, 5) is 16.3. The summed E-state index contributed by atoms with van der Waals surface area (Å²) in [6.07, 6.45) is 1.21. The van der Waals surface area contributed by atoms with Gasteiger partial charge < -0.3 is 5.32 Å². The van der Waals surface area contributed by atoms with Crippen molar-refractivity contribution in [2.45, 2.75) is 21.7 Å². The summed E-state index contributed by atoms with van der Waals surface area (Å²) >= 11 is 7.19. The quantitative estimate of drug-likeness (QED) is 0.843. The molecule has 122 valence electrons. The molecule has 0 spiro atoms. The van der Waals surface area contributed by atoms with Gasteiger partial charge in [-0.3, -0.25) is 0 Å². The number of sulfonamides is 1. The minimum atomic E-state index is -3.93. The smallest absolute Gasteiger partial charge is 0.328 e. The second-order valence-corrected chi connectivity index (χ2v) is 7.57. The standard InChI is InChI=1S/C14H14ClN3O3S2/c1-2-16-14(19)18-23(20,21)12-7-8-13(17-9-12)22-11-5-3-10(15)4-6-11/h3-9H,2H2,1H3,(H2,16,18,19). The Morgan fingerprint density at radius 3 is 2.48 bits per heavy atom. The summed E-state index contributed by atoms with van der Waals surface area (Å²) in [6, 6.07) is 9.41. The molecule has 1 aromatic heterocycles. The molecule has 6 nitrogen and oxygen atoms in total. The van der Waals surface area contributed by atoms with Crippen LogP contribution in [-0.2, 0) is 10.0 Å². The Morgan fingerprint density at radius 2 is 1.91 bits per heavy atom. The van der Waals surface area contributed by atoms with E-state index in [0.29, 0.717) is 16.6 Å². The summed E-state index contributed by atoms with van der Waals surface area (Å²) in [5, 5.41) is 3.62. The molecule has 1 aromatic carbocycles. The minimum Gasteiger partial charge on any atom is -0.338 e. The van der Waals surface area contributed by atoms with E-state index in [-0.39, 0.29) is 4.90 Å². The maximum absolute atomic E-state index is 12.0. The fourth-order valence-electron chi connectivity index (χ4n) is 1.59. The number of rotatable bonds is 5. The second kappa shape index (κ2) is 7.67. The molecule has 1 heterocycles. The van der Waals surface area contributed by atoms with Crippen molar-refractivity contribution < 1.29 is 13.2 Å². The molecule has 0 unspecified atom stereocenters. The number of hydrogen-bond donors (Lipinski definition) is 2. The van der Waals surface area contributed by atoms with Crippen molar-refractivity contribution in [2.24, 2.45) is 0 Å². The molecular formula is C14H14ClN3O3S2. The largest absolute Gasteiger partial charge is 0.338 e. The van der Waals surface area contributed by atoms with Gasteiger partial charge in [0.05, 0.1) is 0 Å². The molecule has 0 aliphatic carbocycles. The summed E-state index contributed by atoms with van der Waals surface area (Å²) in [6.45, 7) is 2.02. The zero-order chi connectivity index (χ0) is 16.9. The van der Waals surface area contributed by atoms with Crippen LogP contribution in [-0.4, -0.2) is 26.0 Å². The molecule has 0 saturated heterocycles. The van der Waals surface area contributed by atoms with Crippen molar-refractivity contribution in [3.05, 3.63) is 47.6 Å². The van der Waals surface area contributed by atoms with E-state index in [4.69, 9.17) is 11.6 Å². The predicted octanol–water partition coefficient (Wildman–Crippen LogP) is 2.89. The number of carbonyl (C=O) groups excluding carboxylic acids is 1. The number of carbonyl (C=O) groups is 1. The highest BCUT2D eigenvalue weighted by molar-refractivity contribution is 7.99. The van der Waals surface area contributed by atoms with Gasteiger partial charge in [0.2, 0.25) is 0 Å². The van der Waals surface area contributed by atoms with E-state index in [9.17, 15) is 13.2 Å². The third-order valence-corrected chi connectivity index (χ3v) is 5.15. The Hall–Kier alpha value is -1.77. The van der Waals surface area contributed by atoms with Gasteiger partial charge in [-0.25, -0.2) is 22.9 Å². The lowest BCUT2D eigenvalue weighted by Crippen LogP contribution is -2.39. The first-order valence-corrected chi connectivity index (χ1v) is 9.28. The van der Waals surface area contributed by atoms with E-state index in [1.807, 2.05) is 16.9 Å². The number of nitrogens with zero attached hydrogens (tertiary/aromatic N) is 1. The topological polar surface area (TPSA) is 88.2 Å². The lowest BCUT2D eigenvalue weighted by Gasteiger charge is -2.07. The van der Waals surface area contributed by atoms with Crippen LogP contribution >= 0.6 is 23.4 Å². The molecule has 23 heavy (non-hydrogen) atoms.